The number of ether oxygens (including phenoxy) is 3. The average molecular weight is 217 g/mol. The molecule has 0 bridgehead atoms. The maximum Gasteiger partial charge on any atom is 0.217 e. The van der Waals surface area contributed by atoms with Gasteiger partial charge in [0.25, 0.3) is 0 Å². The van der Waals surface area contributed by atoms with Crippen LogP contribution in [0.5, 0.6) is 0 Å². The first kappa shape index (κ1) is 12.4. The van der Waals surface area contributed by atoms with Gasteiger partial charge in [-0.3, -0.25) is 4.79 Å². The summed E-state index contributed by atoms with van der Waals surface area (Å²) in [6.45, 7) is 3.39. The molecule has 0 aromatic carbocycles. The molecular weight excluding hydrogens is 198 g/mol. The molecule has 1 N–H and O–H groups in total. The molecule has 0 aromatic heterocycles. The van der Waals surface area contributed by atoms with Crippen LogP contribution in [0.1, 0.15) is 20.3 Å². The molecule has 1 heterocycles. The Labute approximate surface area is 90.1 Å². The van der Waals surface area contributed by atoms with E-state index < -0.39 is 0 Å². The molecule has 1 aliphatic rings. The number of methoxy groups -OCH3 is 2. The molecule has 15 heavy (non-hydrogen) atoms. The molecule has 5 heteroatoms. The predicted octanol–water partition coefficient (Wildman–Crippen LogP) is 0.287. The van der Waals surface area contributed by atoms with Gasteiger partial charge in [0.2, 0.25) is 5.91 Å². The monoisotopic (exact) mass is 217 g/mol. The summed E-state index contributed by atoms with van der Waals surface area (Å²) in [5, 5.41) is 2.83. The van der Waals surface area contributed by atoms with Crippen molar-refractivity contribution in [2.45, 2.75) is 44.8 Å². The zero-order valence-electron chi connectivity index (χ0n) is 9.65. The predicted molar refractivity (Wildman–Crippen MR) is 54.4 cm³/mol. The lowest BCUT2D eigenvalue weighted by Gasteiger charge is -2.39. The molecule has 1 rings (SSSR count). The molecular formula is C10H19NO4. The summed E-state index contributed by atoms with van der Waals surface area (Å²) in [7, 11) is 3.23. The number of hydrogen-bond donors (Lipinski definition) is 1. The Morgan fingerprint density at radius 1 is 1.40 bits per heavy atom. The van der Waals surface area contributed by atoms with Crippen molar-refractivity contribution in [2.24, 2.45) is 0 Å². The number of rotatable bonds is 3. The van der Waals surface area contributed by atoms with Gasteiger partial charge in [0.1, 0.15) is 0 Å². The van der Waals surface area contributed by atoms with Crippen molar-refractivity contribution < 1.29 is 19.0 Å². The molecule has 0 unspecified atom stereocenters. The quantitative estimate of drug-likeness (QED) is 0.738. The second-order valence-electron chi connectivity index (χ2n) is 3.74. The van der Waals surface area contributed by atoms with Crippen molar-refractivity contribution >= 4 is 5.91 Å². The minimum absolute atomic E-state index is 0.0670. The van der Waals surface area contributed by atoms with Gasteiger partial charge in [-0.05, 0) is 6.92 Å². The van der Waals surface area contributed by atoms with E-state index in [0.717, 1.165) is 0 Å². The molecule has 1 aliphatic heterocycles. The van der Waals surface area contributed by atoms with Crippen LogP contribution in [0.2, 0.25) is 0 Å². The van der Waals surface area contributed by atoms with Crippen LogP contribution in [0.3, 0.4) is 0 Å². The van der Waals surface area contributed by atoms with E-state index in [2.05, 4.69) is 5.32 Å². The minimum Gasteiger partial charge on any atom is -0.379 e. The van der Waals surface area contributed by atoms with Crippen molar-refractivity contribution in [1.82, 2.24) is 5.32 Å². The molecule has 0 aromatic rings. The molecule has 0 radical (unpaired) electrons. The van der Waals surface area contributed by atoms with Gasteiger partial charge >= 0.3 is 0 Å². The molecule has 1 saturated heterocycles. The molecule has 1 amide bonds. The third kappa shape index (κ3) is 3.15. The zero-order chi connectivity index (χ0) is 11.4. The summed E-state index contributed by atoms with van der Waals surface area (Å²) >= 11 is 0. The first-order chi connectivity index (χ1) is 7.08. The fourth-order valence-corrected chi connectivity index (χ4v) is 1.86. The van der Waals surface area contributed by atoms with Crippen LogP contribution in [-0.4, -0.2) is 44.7 Å². The summed E-state index contributed by atoms with van der Waals surface area (Å²) in [5.74, 6) is -0.0756. The third-order valence-electron chi connectivity index (χ3n) is 2.63. The Kier molecular flexibility index (Phi) is 4.50. The van der Waals surface area contributed by atoms with E-state index >= 15 is 0 Å². The molecule has 5 nitrogen and oxygen atoms in total. The highest BCUT2D eigenvalue weighted by Gasteiger charge is 2.37. The first-order valence-corrected chi connectivity index (χ1v) is 5.06. The van der Waals surface area contributed by atoms with Crippen molar-refractivity contribution in [3.05, 3.63) is 0 Å². The van der Waals surface area contributed by atoms with Gasteiger partial charge in [-0.1, -0.05) is 0 Å². The lowest BCUT2D eigenvalue weighted by Crippen LogP contribution is -2.56. The number of hydrogen-bond acceptors (Lipinski definition) is 4. The second kappa shape index (κ2) is 5.44. The lowest BCUT2D eigenvalue weighted by molar-refractivity contribution is -0.214. The van der Waals surface area contributed by atoms with Gasteiger partial charge in [-0.2, -0.15) is 0 Å². The topological polar surface area (TPSA) is 56.8 Å². The van der Waals surface area contributed by atoms with E-state index in [4.69, 9.17) is 14.2 Å². The Morgan fingerprint density at radius 2 is 2.07 bits per heavy atom. The van der Waals surface area contributed by atoms with Crippen molar-refractivity contribution in [2.75, 3.05) is 14.2 Å². The van der Waals surface area contributed by atoms with E-state index in [1.807, 2.05) is 6.92 Å². The van der Waals surface area contributed by atoms with E-state index in [0.29, 0.717) is 6.42 Å². The highest BCUT2D eigenvalue weighted by molar-refractivity contribution is 5.73. The number of carbonyl (C=O) groups excluding carboxylic acids is 1. The van der Waals surface area contributed by atoms with Gasteiger partial charge in [0, 0.05) is 27.6 Å². The fraction of sp³-hybridized carbons (Fsp3) is 0.900. The van der Waals surface area contributed by atoms with Crippen molar-refractivity contribution in [1.29, 1.82) is 0 Å². The van der Waals surface area contributed by atoms with E-state index in [1.165, 1.54) is 6.92 Å². The van der Waals surface area contributed by atoms with Gasteiger partial charge in [-0.15, -0.1) is 0 Å². The third-order valence-corrected chi connectivity index (χ3v) is 2.63. The summed E-state index contributed by atoms with van der Waals surface area (Å²) in [6, 6.07) is -0.112. The van der Waals surface area contributed by atoms with E-state index in [-0.39, 0.29) is 30.4 Å². The summed E-state index contributed by atoms with van der Waals surface area (Å²) < 4.78 is 16.0. The number of nitrogens with one attached hydrogen (secondary N) is 1. The lowest BCUT2D eigenvalue weighted by atomic mass is 9.99. The Hall–Kier alpha value is -0.650. The highest BCUT2D eigenvalue weighted by Crippen LogP contribution is 2.22. The van der Waals surface area contributed by atoms with Gasteiger partial charge in [-0.25, -0.2) is 0 Å². The maximum atomic E-state index is 11.0. The zero-order valence-corrected chi connectivity index (χ0v) is 9.65. The Morgan fingerprint density at radius 3 is 2.53 bits per heavy atom. The van der Waals surface area contributed by atoms with Crippen molar-refractivity contribution in [3.8, 4) is 0 Å². The molecule has 88 valence electrons. The molecule has 0 spiro atoms. The molecule has 0 saturated carbocycles. The molecule has 1 fully saturated rings. The maximum absolute atomic E-state index is 11.0. The number of amides is 1. The number of carbonyl (C=O) groups is 1. The summed E-state index contributed by atoms with van der Waals surface area (Å²) in [6.07, 6.45) is 0.192. The van der Waals surface area contributed by atoms with Crippen LogP contribution in [0.15, 0.2) is 0 Å². The Bertz CT molecular complexity index is 221. The van der Waals surface area contributed by atoms with Crippen LogP contribution >= 0.6 is 0 Å². The van der Waals surface area contributed by atoms with Crippen molar-refractivity contribution in [3.63, 3.8) is 0 Å². The van der Waals surface area contributed by atoms with Crippen LogP contribution in [0.4, 0.5) is 0 Å². The first-order valence-electron chi connectivity index (χ1n) is 5.06. The van der Waals surface area contributed by atoms with Crippen LogP contribution < -0.4 is 5.32 Å². The summed E-state index contributed by atoms with van der Waals surface area (Å²) in [5.41, 5.74) is 0. The minimum atomic E-state index is -0.255. The highest BCUT2D eigenvalue weighted by atomic mass is 16.7. The van der Waals surface area contributed by atoms with Gasteiger partial charge in [0.15, 0.2) is 6.29 Å². The smallest absolute Gasteiger partial charge is 0.217 e. The average Bonchev–Trinajstić information content (AvgIpc) is 2.20. The normalized spacial score (nSPS) is 36.3. The summed E-state index contributed by atoms with van der Waals surface area (Å²) in [4.78, 5) is 11.0. The SMILES string of the molecule is CO[C@@H]1C[C@@H](OC)[C@H](NC(C)=O)[C@@H](C)O1. The Balaban J connectivity index is 2.64. The van der Waals surface area contributed by atoms with Crippen LogP contribution in [-0.2, 0) is 19.0 Å². The van der Waals surface area contributed by atoms with E-state index in [9.17, 15) is 4.79 Å². The standard InChI is InChI=1S/C10H19NO4/c1-6-10(11-7(2)12)8(13-3)5-9(14-4)15-6/h6,8-10H,5H2,1-4H3,(H,11,12)/t6-,8-,9+,10-/m1/s1. The molecule has 0 aliphatic carbocycles. The largest absolute Gasteiger partial charge is 0.379 e. The van der Waals surface area contributed by atoms with Gasteiger partial charge in [0.05, 0.1) is 18.2 Å². The van der Waals surface area contributed by atoms with E-state index in [1.54, 1.807) is 14.2 Å². The second-order valence-corrected chi connectivity index (χ2v) is 3.74. The fourth-order valence-electron chi connectivity index (χ4n) is 1.86. The van der Waals surface area contributed by atoms with Crippen LogP contribution in [0.25, 0.3) is 0 Å². The van der Waals surface area contributed by atoms with Gasteiger partial charge < -0.3 is 19.5 Å². The van der Waals surface area contributed by atoms with Crippen LogP contribution in [0, 0.1) is 0 Å². The molecule has 4 atom stereocenters.